The molecule has 0 aliphatic carbocycles. The van der Waals surface area contributed by atoms with Crippen molar-refractivity contribution >= 4 is 5.91 Å². The molecule has 0 saturated carbocycles. The van der Waals surface area contributed by atoms with E-state index in [1.165, 1.54) is 0 Å². The number of hydrogen-bond acceptors (Lipinski definition) is 1. The summed E-state index contributed by atoms with van der Waals surface area (Å²) < 4.78 is 62.0. The number of piperidine rings is 1. The highest BCUT2D eigenvalue weighted by atomic mass is 19.4. The van der Waals surface area contributed by atoms with E-state index in [9.17, 15) is 26.7 Å². The van der Waals surface area contributed by atoms with Crippen LogP contribution < -0.4 is 0 Å². The molecule has 1 unspecified atom stereocenters. The Hall–Kier alpha value is -0.880. The van der Waals surface area contributed by atoms with E-state index in [0.717, 1.165) is 6.42 Å². The number of halogens is 5. The summed E-state index contributed by atoms with van der Waals surface area (Å²) in [6.45, 7) is 1.64. The fourth-order valence-electron chi connectivity index (χ4n) is 1.99. The van der Waals surface area contributed by atoms with E-state index >= 15 is 0 Å². The highest BCUT2D eigenvalue weighted by Gasteiger charge is 2.65. The molecule has 1 amide bonds. The van der Waals surface area contributed by atoms with E-state index in [1.54, 1.807) is 6.92 Å². The summed E-state index contributed by atoms with van der Waals surface area (Å²) in [5, 5.41) is 0. The van der Waals surface area contributed by atoms with Gasteiger partial charge in [0, 0.05) is 12.6 Å². The molecule has 2 nitrogen and oxygen atoms in total. The van der Waals surface area contributed by atoms with Crippen molar-refractivity contribution in [3.05, 3.63) is 0 Å². The van der Waals surface area contributed by atoms with Crippen molar-refractivity contribution in [2.75, 3.05) is 6.54 Å². The molecule has 0 spiro atoms. The minimum Gasteiger partial charge on any atom is -0.334 e. The van der Waals surface area contributed by atoms with Gasteiger partial charge in [-0.2, -0.15) is 22.0 Å². The van der Waals surface area contributed by atoms with Gasteiger partial charge in [0.25, 0.3) is 0 Å². The van der Waals surface area contributed by atoms with Gasteiger partial charge in [0.15, 0.2) is 0 Å². The molecule has 1 rings (SSSR count). The molecule has 17 heavy (non-hydrogen) atoms. The van der Waals surface area contributed by atoms with Crippen LogP contribution in [0.2, 0.25) is 0 Å². The zero-order valence-corrected chi connectivity index (χ0v) is 9.36. The predicted octanol–water partition coefficient (Wildman–Crippen LogP) is 2.98. The van der Waals surface area contributed by atoms with E-state index in [0.29, 0.717) is 24.2 Å². The number of rotatable bonds is 2. The Morgan fingerprint density at radius 3 is 2.29 bits per heavy atom. The normalized spacial score (nSPS) is 22.7. The lowest BCUT2D eigenvalue weighted by molar-refractivity contribution is -0.275. The van der Waals surface area contributed by atoms with Crippen LogP contribution in [0, 0.1) is 0 Å². The molecule has 1 heterocycles. The molecule has 1 aliphatic rings. The van der Waals surface area contributed by atoms with Crippen LogP contribution in [0.4, 0.5) is 22.0 Å². The van der Waals surface area contributed by atoms with E-state index in [1.807, 2.05) is 0 Å². The topological polar surface area (TPSA) is 20.3 Å². The second kappa shape index (κ2) is 4.78. The van der Waals surface area contributed by atoms with Crippen molar-refractivity contribution in [3.63, 3.8) is 0 Å². The molecule has 0 aromatic rings. The molecule has 100 valence electrons. The lowest BCUT2D eigenvalue weighted by Crippen LogP contribution is -2.56. The molecule has 1 fully saturated rings. The third-order valence-corrected chi connectivity index (χ3v) is 2.98. The predicted molar refractivity (Wildman–Crippen MR) is 50.6 cm³/mol. The molecular weight excluding hydrogens is 245 g/mol. The third kappa shape index (κ3) is 2.69. The Morgan fingerprint density at radius 2 is 1.82 bits per heavy atom. The van der Waals surface area contributed by atoms with Gasteiger partial charge in [-0.15, -0.1) is 0 Å². The van der Waals surface area contributed by atoms with Gasteiger partial charge in [-0.1, -0.05) is 6.92 Å². The summed E-state index contributed by atoms with van der Waals surface area (Å²) in [6, 6.07) is -0.510. The standard InChI is InChI=1S/C10H14F5NO/c1-2-7-5-3-4-6-16(7)8(17)9(11,12)10(13,14)15/h7H,2-6H2,1H3. The van der Waals surface area contributed by atoms with E-state index < -0.39 is 24.0 Å². The van der Waals surface area contributed by atoms with Crippen molar-refractivity contribution < 1.29 is 26.7 Å². The van der Waals surface area contributed by atoms with Crippen LogP contribution in [0.3, 0.4) is 0 Å². The second-order valence-corrected chi connectivity index (χ2v) is 4.13. The number of hydrogen-bond donors (Lipinski definition) is 0. The SMILES string of the molecule is CCC1CCCCN1C(=O)C(F)(F)C(F)(F)F. The van der Waals surface area contributed by atoms with Crippen molar-refractivity contribution in [3.8, 4) is 0 Å². The van der Waals surface area contributed by atoms with Gasteiger partial charge in [-0.3, -0.25) is 4.79 Å². The summed E-state index contributed by atoms with van der Waals surface area (Å²) in [5.41, 5.74) is 0. The smallest absolute Gasteiger partial charge is 0.334 e. The summed E-state index contributed by atoms with van der Waals surface area (Å²) in [4.78, 5) is 12.0. The zero-order chi connectivity index (χ0) is 13.3. The largest absolute Gasteiger partial charge is 0.463 e. The number of carbonyl (C=O) groups is 1. The Balaban J connectivity index is 2.87. The summed E-state index contributed by atoms with van der Waals surface area (Å²) in [7, 11) is 0. The van der Waals surface area contributed by atoms with Crippen LogP contribution in [0.25, 0.3) is 0 Å². The number of alkyl halides is 5. The van der Waals surface area contributed by atoms with Crippen molar-refractivity contribution in [1.29, 1.82) is 0 Å². The molecule has 1 saturated heterocycles. The summed E-state index contributed by atoms with van der Waals surface area (Å²) in [6.07, 6.45) is -3.73. The fourth-order valence-corrected chi connectivity index (χ4v) is 1.99. The Kier molecular flexibility index (Phi) is 3.99. The molecule has 1 aliphatic heterocycles. The number of carbonyl (C=O) groups excluding carboxylic acids is 1. The molecule has 0 aromatic heterocycles. The Labute approximate surface area is 95.8 Å². The van der Waals surface area contributed by atoms with Crippen LogP contribution in [0.15, 0.2) is 0 Å². The van der Waals surface area contributed by atoms with Crippen molar-refractivity contribution in [2.24, 2.45) is 0 Å². The molecular formula is C10H14F5NO. The lowest BCUT2D eigenvalue weighted by Gasteiger charge is -2.37. The summed E-state index contributed by atoms with van der Waals surface area (Å²) >= 11 is 0. The van der Waals surface area contributed by atoms with E-state index in [4.69, 9.17) is 0 Å². The maximum absolute atomic E-state index is 12.9. The zero-order valence-electron chi connectivity index (χ0n) is 9.36. The quantitative estimate of drug-likeness (QED) is 0.698. The molecule has 0 aromatic carbocycles. The number of nitrogens with zero attached hydrogens (tertiary/aromatic N) is 1. The first-order valence-electron chi connectivity index (χ1n) is 5.47. The van der Waals surface area contributed by atoms with Gasteiger partial charge in [0.05, 0.1) is 0 Å². The molecule has 0 radical (unpaired) electrons. The van der Waals surface area contributed by atoms with Gasteiger partial charge in [-0.05, 0) is 25.7 Å². The highest BCUT2D eigenvalue weighted by Crippen LogP contribution is 2.38. The number of amides is 1. The minimum atomic E-state index is -5.82. The van der Waals surface area contributed by atoms with Gasteiger partial charge in [-0.25, -0.2) is 0 Å². The first-order valence-corrected chi connectivity index (χ1v) is 5.47. The Morgan fingerprint density at radius 1 is 1.24 bits per heavy atom. The van der Waals surface area contributed by atoms with Gasteiger partial charge < -0.3 is 4.90 Å². The first kappa shape index (κ1) is 14.2. The van der Waals surface area contributed by atoms with Gasteiger partial charge in [0.1, 0.15) is 0 Å². The average Bonchev–Trinajstić information content (AvgIpc) is 2.26. The molecule has 0 bridgehead atoms. The van der Waals surface area contributed by atoms with Crippen LogP contribution in [-0.2, 0) is 4.79 Å². The van der Waals surface area contributed by atoms with Crippen LogP contribution in [-0.4, -0.2) is 35.5 Å². The van der Waals surface area contributed by atoms with Crippen LogP contribution in [0.1, 0.15) is 32.6 Å². The maximum atomic E-state index is 12.9. The van der Waals surface area contributed by atoms with Crippen molar-refractivity contribution in [1.82, 2.24) is 4.90 Å². The van der Waals surface area contributed by atoms with E-state index in [2.05, 4.69) is 0 Å². The maximum Gasteiger partial charge on any atom is 0.463 e. The van der Waals surface area contributed by atoms with Gasteiger partial charge in [0.2, 0.25) is 0 Å². The van der Waals surface area contributed by atoms with E-state index in [-0.39, 0.29) is 6.54 Å². The molecule has 1 atom stereocenters. The number of likely N-dealkylation sites (tertiary alicyclic amines) is 1. The Bertz CT molecular complexity index is 289. The second-order valence-electron chi connectivity index (χ2n) is 4.13. The van der Waals surface area contributed by atoms with Crippen molar-refractivity contribution in [2.45, 2.75) is 50.7 Å². The van der Waals surface area contributed by atoms with Crippen LogP contribution >= 0.6 is 0 Å². The highest BCUT2D eigenvalue weighted by molar-refractivity contribution is 5.84. The molecule has 0 N–H and O–H groups in total. The average molecular weight is 259 g/mol. The van der Waals surface area contributed by atoms with Crippen LogP contribution in [0.5, 0.6) is 0 Å². The fraction of sp³-hybridized carbons (Fsp3) is 0.900. The van der Waals surface area contributed by atoms with Gasteiger partial charge >= 0.3 is 18.0 Å². The minimum absolute atomic E-state index is 0.0248. The summed E-state index contributed by atoms with van der Waals surface area (Å²) in [5.74, 6) is -7.39. The third-order valence-electron chi connectivity index (χ3n) is 2.98. The molecule has 7 heteroatoms. The first-order chi connectivity index (χ1) is 7.71. The monoisotopic (exact) mass is 259 g/mol. The lowest BCUT2D eigenvalue weighted by atomic mass is 9.99.